The molecule has 0 aliphatic heterocycles. The van der Waals surface area contributed by atoms with E-state index in [9.17, 15) is 8.42 Å². The largest absolute Gasteiger partial charge is 0.312 e. The first-order valence-corrected chi connectivity index (χ1v) is 8.02. The summed E-state index contributed by atoms with van der Waals surface area (Å²) in [6.07, 6.45) is 4.78. The van der Waals surface area contributed by atoms with Crippen molar-refractivity contribution < 1.29 is 8.42 Å². The van der Waals surface area contributed by atoms with E-state index in [1.54, 1.807) is 0 Å². The van der Waals surface area contributed by atoms with Crippen LogP contribution in [-0.2, 0) is 22.7 Å². The molecule has 1 aromatic carbocycles. The molecule has 0 bridgehead atoms. The topological polar surface area (TPSA) is 46.2 Å². The first-order valence-electron chi connectivity index (χ1n) is 5.96. The smallest absolute Gasteiger partial charge is 0.149 e. The number of rotatable bonds is 4. The summed E-state index contributed by atoms with van der Waals surface area (Å²) >= 11 is 0. The Morgan fingerprint density at radius 3 is 2.65 bits per heavy atom. The molecule has 17 heavy (non-hydrogen) atoms. The Morgan fingerprint density at radius 1 is 1.29 bits per heavy atom. The van der Waals surface area contributed by atoms with Crippen LogP contribution in [0.2, 0.25) is 0 Å². The minimum absolute atomic E-state index is 0.101. The molecule has 0 amide bonds. The predicted octanol–water partition coefficient (Wildman–Crippen LogP) is 1.48. The van der Waals surface area contributed by atoms with Crippen molar-refractivity contribution in [3.63, 3.8) is 0 Å². The number of hydrogen-bond acceptors (Lipinski definition) is 3. The molecule has 0 spiro atoms. The summed E-state index contributed by atoms with van der Waals surface area (Å²) in [7, 11) is -1.15. The van der Waals surface area contributed by atoms with E-state index < -0.39 is 9.84 Å². The summed E-state index contributed by atoms with van der Waals surface area (Å²) in [6.45, 7) is 0. The molecule has 1 N–H and O–H groups in total. The molecular formula is C13H19NO2S. The third kappa shape index (κ3) is 3.07. The maximum Gasteiger partial charge on any atom is 0.149 e. The molecule has 3 nitrogen and oxygen atoms in total. The summed E-state index contributed by atoms with van der Waals surface area (Å²) in [5, 5.41) is 3.09. The van der Waals surface area contributed by atoms with Gasteiger partial charge in [-0.2, -0.15) is 0 Å². The Hall–Kier alpha value is -0.870. The normalized spacial score (nSPS) is 16.8. The van der Waals surface area contributed by atoms with Gasteiger partial charge in [-0.3, -0.25) is 0 Å². The van der Waals surface area contributed by atoms with Crippen LogP contribution in [0.1, 0.15) is 29.2 Å². The monoisotopic (exact) mass is 253 g/mol. The molecule has 0 aromatic heterocycles. The van der Waals surface area contributed by atoms with Crippen LogP contribution in [0, 0.1) is 0 Å². The van der Waals surface area contributed by atoms with Crippen LogP contribution in [-0.4, -0.2) is 27.5 Å². The van der Waals surface area contributed by atoms with Gasteiger partial charge in [0.25, 0.3) is 0 Å². The second kappa shape index (κ2) is 4.78. The number of sulfone groups is 1. The predicted molar refractivity (Wildman–Crippen MR) is 70.0 cm³/mol. The van der Waals surface area contributed by atoms with E-state index in [4.69, 9.17) is 0 Å². The van der Waals surface area contributed by atoms with Gasteiger partial charge in [0, 0.05) is 12.3 Å². The highest BCUT2D eigenvalue weighted by atomic mass is 32.2. The second-order valence-electron chi connectivity index (χ2n) is 4.82. The quantitative estimate of drug-likeness (QED) is 0.884. The van der Waals surface area contributed by atoms with E-state index in [-0.39, 0.29) is 11.8 Å². The van der Waals surface area contributed by atoms with Crippen molar-refractivity contribution in [2.45, 2.75) is 25.3 Å². The van der Waals surface area contributed by atoms with E-state index in [0.717, 1.165) is 18.4 Å². The Labute approximate surface area is 103 Å². The highest BCUT2D eigenvalue weighted by Gasteiger charge is 2.18. The van der Waals surface area contributed by atoms with Crippen molar-refractivity contribution >= 4 is 9.84 Å². The van der Waals surface area contributed by atoms with Crippen molar-refractivity contribution in [2.75, 3.05) is 19.1 Å². The third-order valence-corrected chi connectivity index (χ3v) is 4.28. The highest BCUT2D eigenvalue weighted by molar-refractivity contribution is 7.90. The zero-order valence-corrected chi connectivity index (χ0v) is 11.2. The number of benzene rings is 1. The first kappa shape index (κ1) is 12.6. The fraction of sp³-hybridized carbons (Fsp3) is 0.538. The Morgan fingerprint density at radius 2 is 2.00 bits per heavy atom. The lowest BCUT2D eigenvalue weighted by molar-refractivity contribution is 0.579. The lowest BCUT2D eigenvalue weighted by Gasteiger charge is -2.16. The molecule has 0 radical (unpaired) electrons. The second-order valence-corrected chi connectivity index (χ2v) is 7.00. The Bertz CT molecular complexity index is 508. The molecule has 94 valence electrons. The summed E-state index contributed by atoms with van der Waals surface area (Å²) in [5.41, 5.74) is 3.89. The SMILES string of the molecule is CNC(CS(C)(=O)=O)c1ccc2c(c1)CCC2. The lowest BCUT2D eigenvalue weighted by atomic mass is 10.0. The van der Waals surface area contributed by atoms with Crippen LogP contribution in [0.4, 0.5) is 0 Å². The van der Waals surface area contributed by atoms with Gasteiger partial charge < -0.3 is 5.32 Å². The maximum absolute atomic E-state index is 11.4. The maximum atomic E-state index is 11.4. The molecule has 1 aliphatic rings. The molecule has 1 atom stereocenters. The van der Waals surface area contributed by atoms with E-state index >= 15 is 0 Å². The minimum Gasteiger partial charge on any atom is -0.312 e. The number of aryl methyl sites for hydroxylation is 2. The summed E-state index contributed by atoms with van der Waals surface area (Å²) in [5.74, 6) is 0.155. The van der Waals surface area contributed by atoms with Crippen LogP contribution >= 0.6 is 0 Å². The van der Waals surface area contributed by atoms with Crippen LogP contribution in [0.25, 0.3) is 0 Å². The Kier molecular flexibility index (Phi) is 3.54. The molecule has 4 heteroatoms. The molecule has 0 fully saturated rings. The van der Waals surface area contributed by atoms with Crippen LogP contribution in [0.15, 0.2) is 18.2 Å². The minimum atomic E-state index is -2.96. The standard InChI is InChI=1S/C13H19NO2S/c1-14-13(9-17(2,15)16)12-7-6-10-4-3-5-11(10)8-12/h6-8,13-14H,3-5,9H2,1-2H3. The van der Waals surface area contributed by atoms with Gasteiger partial charge in [-0.1, -0.05) is 18.2 Å². The van der Waals surface area contributed by atoms with Crippen molar-refractivity contribution in [1.82, 2.24) is 5.32 Å². The molecule has 0 saturated carbocycles. The lowest BCUT2D eigenvalue weighted by Crippen LogP contribution is -2.24. The third-order valence-electron chi connectivity index (χ3n) is 3.34. The molecule has 1 unspecified atom stereocenters. The van der Waals surface area contributed by atoms with Crippen molar-refractivity contribution in [1.29, 1.82) is 0 Å². The fourth-order valence-electron chi connectivity index (χ4n) is 2.46. The van der Waals surface area contributed by atoms with Gasteiger partial charge in [-0.15, -0.1) is 0 Å². The van der Waals surface area contributed by atoms with E-state index in [0.29, 0.717) is 0 Å². The summed E-state index contributed by atoms with van der Waals surface area (Å²) < 4.78 is 22.7. The van der Waals surface area contributed by atoms with Gasteiger partial charge in [-0.25, -0.2) is 8.42 Å². The van der Waals surface area contributed by atoms with Crippen LogP contribution in [0.3, 0.4) is 0 Å². The summed E-state index contributed by atoms with van der Waals surface area (Å²) in [4.78, 5) is 0. The van der Waals surface area contributed by atoms with E-state index in [2.05, 4.69) is 23.5 Å². The van der Waals surface area contributed by atoms with E-state index in [1.807, 2.05) is 7.05 Å². The van der Waals surface area contributed by atoms with Gasteiger partial charge in [0.15, 0.2) is 0 Å². The van der Waals surface area contributed by atoms with Gasteiger partial charge in [0.2, 0.25) is 0 Å². The summed E-state index contributed by atoms with van der Waals surface area (Å²) in [6, 6.07) is 6.26. The number of nitrogens with one attached hydrogen (secondary N) is 1. The Balaban J connectivity index is 2.25. The number of hydrogen-bond donors (Lipinski definition) is 1. The van der Waals surface area contributed by atoms with Crippen molar-refractivity contribution in [3.8, 4) is 0 Å². The first-order chi connectivity index (χ1) is 7.99. The average Bonchev–Trinajstić information content (AvgIpc) is 2.71. The van der Waals surface area contributed by atoms with Gasteiger partial charge in [0.1, 0.15) is 9.84 Å². The molecule has 1 aromatic rings. The highest BCUT2D eigenvalue weighted by Crippen LogP contribution is 2.25. The zero-order chi connectivity index (χ0) is 12.5. The number of fused-ring (bicyclic) bond motifs is 1. The molecule has 0 saturated heterocycles. The fourth-order valence-corrected chi connectivity index (χ4v) is 3.42. The average molecular weight is 253 g/mol. The van der Waals surface area contributed by atoms with Gasteiger partial charge in [0.05, 0.1) is 5.75 Å². The van der Waals surface area contributed by atoms with Crippen LogP contribution < -0.4 is 5.32 Å². The van der Waals surface area contributed by atoms with E-state index in [1.165, 1.54) is 23.8 Å². The molecular weight excluding hydrogens is 234 g/mol. The van der Waals surface area contributed by atoms with Gasteiger partial charge >= 0.3 is 0 Å². The molecule has 1 aliphatic carbocycles. The van der Waals surface area contributed by atoms with Gasteiger partial charge in [-0.05, 0) is 43.0 Å². The van der Waals surface area contributed by atoms with Crippen molar-refractivity contribution in [2.24, 2.45) is 0 Å². The van der Waals surface area contributed by atoms with Crippen molar-refractivity contribution in [3.05, 3.63) is 34.9 Å². The van der Waals surface area contributed by atoms with Crippen LogP contribution in [0.5, 0.6) is 0 Å². The molecule has 0 heterocycles. The zero-order valence-electron chi connectivity index (χ0n) is 10.4. The molecule has 2 rings (SSSR count).